The number of ether oxygens (including phenoxy) is 2. The maximum atomic E-state index is 12.3. The van der Waals surface area contributed by atoms with Crippen LogP contribution in [0.3, 0.4) is 0 Å². The number of hydrogen-bond donors (Lipinski definition) is 2. The third kappa shape index (κ3) is 5.09. The smallest absolute Gasteiger partial charge is 0.387 e. The van der Waals surface area contributed by atoms with Gasteiger partial charge in [0.15, 0.2) is 11.5 Å². The molecule has 2 N–H and O–H groups in total. The summed E-state index contributed by atoms with van der Waals surface area (Å²) in [4.78, 5) is 10.3. The van der Waals surface area contributed by atoms with E-state index in [2.05, 4.69) is 10.1 Å². The van der Waals surface area contributed by atoms with Crippen LogP contribution in [0.2, 0.25) is 0 Å². The lowest BCUT2D eigenvalue weighted by molar-refractivity contribution is -0.136. The van der Waals surface area contributed by atoms with Gasteiger partial charge in [-0.2, -0.15) is 8.78 Å². The zero-order chi connectivity index (χ0) is 14.3. The van der Waals surface area contributed by atoms with E-state index in [1.165, 1.54) is 13.2 Å². The summed E-state index contributed by atoms with van der Waals surface area (Å²) < 4.78 is 34.1. The molecule has 0 saturated heterocycles. The number of aliphatic carboxylic acids is 1. The lowest BCUT2D eigenvalue weighted by atomic mass is 10.2. The van der Waals surface area contributed by atoms with Crippen molar-refractivity contribution in [3.05, 3.63) is 23.8 Å². The summed E-state index contributed by atoms with van der Waals surface area (Å²) in [5, 5.41) is 11.3. The molecule has 0 heterocycles. The molecule has 1 rings (SSSR count). The van der Waals surface area contributed by atoms with Crippen molar-refractivity contribution in [1.29, 1.82) is 0 Å². The molecule has 0 aliphatic carbocycles. The first-order valence-electron chi connectivity index (χ1n) is 5.57. The highest BCUT2D eigenvalue weighted by atomic mass is 19.3. The van der Waals surface area contributed by atoms with Gasteiger partial charge in [0.05, 0.1) is 13.5 Å². The Bertz CT molecular complexity index is 426. The van der Waals surface area contributed by atoms with Crippen molar-refractivity contribution in [1.82, 2.24) is 5.32 Å². The Balaban J connectivity index is 2.72. The molecular formula is C12H15F2NO4. The van der Waals surface area contributed by atoms with Gasteiger partial charge in [-0.25, -0.2) is 0 Å². The van der Waals surface area contributed by atoms with Gasteiger partial charge in [-0.05, 0) is 6.07 Å². The predicted molar refractivity (Wildman–Crippen MR) is 63.6 cm³/mol. The molecule has 0 amide bonds. The number of carbonyl (C=O) groups is 1. The van der Waals surface area contributed by atoms with Crippen LogP contribution in [-0.4, -0.2) is 31.3 Å². The Labute approximate surface area is 109 Å². The van der Waals surface area contributed by atoms with Gasteiger partial charge in [-0.15, -0.1) is 0 Å². The molecule has 5 nitrogen and oxygen atoms in total. The fraction of sp³-hybridized carbons (Fsp3) is 0.417. The highest BCUT2D eigenvalue weighted by molar-refractivity contribution is 5.66. The third-order valence-corrected chi connectivity index (χ3v) is 2.32. The molecule has 0 bridgehead atoms. The van der Waals surface area contributed by atoms with Crippen molar-refractivity contribution in [3.63, 3.8) is 0 Å². The quantitative estimate of drug-likeness (QED) is 0.709. The molecule has 1 aromatic carbocycles. The van der Waals surface area contributed by atoms with E-state index >= 15 is 0 Å². The second-order valence-electron chi connectivity index (χ2n) is 3.65. The molecular weight excluding hydrogens is 260 g/mol. The SMILES string of the molecule is COc1cccc(CNCCC(=O)O)c1OC(F)F. The normalized spacial score (nSPS) is 10.5. The number of methoxy groups -OCH3 is 1. The number of alkyl halides is 2. The summed E-state index contributed by atoms with van der Waals surface area (Å²) in [6.45, 7) is -2.50. The molecule has 0 fully saturated rings. The van der Waals surface area contributed by atoms with Gasteiger partial charge >= 0.3 is 12.6 Å². The van der Waals surface area contributed by atoms with E-state index in [-0.39, 0.29) is 31.0 Å². The van der Waals surface area contributed by atoms with Crippen molar-refractivity contribution < 1.29 is 28.2 Å². The standard InChI is InChI=1S/C12H15F2NO4/c1-18-9-4-2-3-8(11(9)19-12(13)14)7-15-6-5-10(16)17/h2-4,12,15H,5-7H2,1H3,(H,16,17). The molecule has 0 saturated carbocycles. The number of carboxylic acid groups (broad SMARTS) is 1. The number of hydrogen-bond acceptors (Lipinski definition) is 4. The van der Waals surface area contributed by atoms with Crippen molar-refractivity contribution in [2.24, 2.45) is 0 Å². The van der Waals surface area contributed by atoms with Crippen molar-refractivity contribution in [2.45, 2.75) is 19.6 Å². The molecule has 0 aliphatic heterocycles. The minimum atomic E-state index is -2.95. The average Bonchev–Trinajstić information content (AvgIpc) is 2.35. The van der Waals surface area contributed by atoms with Crippen LogP contribution in [0.5, 0.6) is 11.5 Å². The van der Waals surface area contributed by atoms with Crippen LogP contribution in [0.15, 0.2) is 18.2 Å². The fourth-order valence-corrected chi connectivity index (χ4v) is 1.50. The molecule has 0 spiro atoms. The van der Waals surface area contributed by atoms with E-state index in [4.69, 9.17) is 9.84 Å². The maximum Gasteiger partial charge on any atom is 0.387 e. The second kappa shape index (κ2) is 7.52. The zero-order valence-corrected chi connectivity index (χ0v) is 10.4. The van der Waals surface area contributed by atoms with Crippen LogP contribution in [0.4, 0.5) is 8.78 Å². The van der Waals surface area contributed by atoms with E-state index in [1.807, 2.05) is 0 Å². The summed E-state index contributed by atoms with van der Waals surface area (Å²) in [5.41, 5.74) is 0.477. The molecule has 19 heavy (non-hydrogen) atoms. The lowest BCUT2D eigenvalue weighted by Gasteiger charge is -2.14. The van der Waals surface area contributed by atoms with Crippen molar-refractivity contribution in [3.8, 4) is 11.5 Å². The fourth-order valence-electron chi connectivity index (χ4n) is 1.50. The Hall–Kier alpha value is -1.89. The largest absolute Gasteiger partial charge is 0.493 e. The van der Waals surface area contributed by atoms with Crippen LogP contribution in [-0.2, 0) is 11.3 Å². The number of halogens is 2. The van der Waals surface area contributed by atoms with Gasteiger partial charge in [0.1, 0.15) is 0 Å². The van der Waals surface area contributed by atoms with Crippen LogP contribution in [0, 0.1) is 0 Å². The Morgan fingerprint density at radius 3 is 2.79 bits per heavy atom. The first kappa shape index (κ1) is 15.2. The summed E-state index contributed by atoms with van der Waals surface area (Å²) in [5.74, 6) is -0.761. The molecule has 0 aliphatic rings. The van der Waals surface area contributed by atoms with E-state index in [0.29, 0.717) is 5.56 Å². The van der Waals surface area contributed by atoms with Crippen molar-refractivity contribution in [2.75, 3.05) is 13.7 Å². The molecule has 7 heteroatoms. The predicted octanol–water partition coefficient (Wildman–Crippen LogP) is 1.86. The van der Waals surface area contributed by atoms with Crippen LogP contribution in [0.1, 0.15) is 12.0 Å². The highest BCUT2D eigenvalue weighted by Crippen LogP contribution is 2.32. The molecule has 0 radical (unpaired) electrons. The van der Waals surface area contributed by atoms with E-state index < -0.39 is 12.6 Å². The van der Waals surface area contributed by atoms with Gasteiger partial charge < -0.3 is 19.9 Å². The Morgan fingerprint density at radius 1 is 1.47 bits per heavy atom. The van der Waals surface area contributed by atoms with Crippen LogP contribution >= 0.6 is 0 Å². The van der Waals surface area contributed by atoms with E-state index in [0.717, 1.165) is 0 Å². The van der Waals surface area contributed by atoms with E-state index in [1.54, 1.807) is 12.1 Å². The number of carboxylic acids is 1. The van der Waals surface area contributed by atoms with Crippen LogP contribution in [0.25, 0.3) is 0 Å². The highest BCUT2D eigenvalue weighted by Gasteiger charge is 2.14. The maximum absolute atomic E-state index is 12.3. The summed E-state index contributed by atoms with van der Waals surface area (Å²) in [7, 11) is 1.36. The molecule has 0 aromatic heterocycles. The lowest BCUT2D eigenvalue weighted by Crippen LogP contribution is -2.18. The second-order valence-corrected chi connectivity index (χ2v) is 3.65. The topological polar surface area (TPSA) is 67.8 Å². The number of rotatable bonds is 8. The minimum absolute atomic E-state index is 0.0391. The molecule has 106 valence electrons. The average molecular weight is 275 g/mol. The van der Waals surface area contributed by atoms with E-state index in [9.17, 15) is 13.6 Å². The molecule has 0 atom stereocenters. The summed E-state index contributed by atoms with van der Waals surface area (Å²) in [6, 6.07) is 4.76. The zero-order valence-electron chi connectivity index (χ0n) is 10.4. The van der Waals surface area contributed by atoms with Crippen LogP contribution < -0.4 is 14.8 Å². The summed E-state index contributed by atoms with van der Waals surface area (Å²) >= 11 is 0. The van der Waals surface area contributed by atoms with Gasteiger partial charge in [-0.1, -0.05) is 12.1 Å². The number of para-hydroxylation sites is 1. The number of nitrogens with one attached hydrogen (secondary N) is 1. The Morgan fingerprint density at radius 2 is 2.21 bits per heavy atom. The molecule has 1 aromatic rings. The van der Waals surface area contributed by atoms with Gasteiger partial charge in [0, 0.05) is 18.7 Å². The van der Waals surface area contributed by atoms with Gasteiger partial charge in [0.25, 0.3) is 0 Å². The molecule has 0 unspecified atom stereocenters. The van der Waals surface area contributed by atoms with Gasteiger partial charge in [-0.3, -0.25) is 4.79 Å². The Kier molecular flexibility index (Phi) is 6.01. The van der Waals surface area contributed by atoms with Crippen molar-refractivity contribution >= 4 is 5.97 Å². The first-order valence-corrected chi connectivity index (χ1v) is 5.57. The van der Waals surface area contributed by atoms with Gasteiger partial charge in [0.2, 0.25) is 0 Å². The monoisotopic (exact) mass is 275 g/mol. The minimum Gasteiger partial charge on any atom is -0.493 e. The summed E-state index contributed by atoms with van der Waals surface area (Å²) in [6.07, 6.45) is -0.0466. The number of benzene rings is 1. The third-order valence-electron chi connectivity index (χ3n) is 2.32. The first-order chi connectivity index (χ1) is 9.04.